The van der Waals surface area contributed by atoms with Crippen LogP contribution in [0.1, 0.15) is 12.5 Å². The van der Waals surface area contributed by atoms with Gasteiger partial charge in [-0.15, -0.1) is 0 Å². The molecular weight excluding hydrogens is 454 g/mol. The molecule has 2 heterocycles. The molecule has 2 N–H and O–H groups in total. The van der Waals surface area contributed by atoms with E-state index in [2.05, 4.69) is 25.6 Å². The lowest BCUT2D eigenvalue weighted by molar-refractivity contribution is -0.114. The number of rotatable bonds is 7. The number of carbonyl (C=O) groups excluding carboxylic acids is 1. The maximum Gasteiger partial charge on any atom is 0.227 e. The number of hydrogen-bond donors (Lipinski definition) is 2. The molecule has 34 heavy (non-hydrogen) atoms. The molecule has 0 spiro atoms. The van der Waals surface area contributed by atoms with E-state index < -0.39 is 0 Å². The van der Waals surface area contributed by atoms with Crippen LogP contribution < -0.4 is 15.4 Å². The van der Waals surface area contributed by atoms with Crippen LogP contribution in [0, 0.1) is 0 Å². The van der Waals surface area contributed by atoms with Gasteiger partial charge in [0.25, 0.3) is 0 Å². The first-order chi connectivity index (χ1) is 16.2. The molecule has 4 aromatic rings. The van der Waals surface area contributed by atoms with Gasteiger partial charge in [0, 0.05) is 60.8 Å². The SMILES string of the molecule is COc1c(-c2cnn(C)c2)cc(Cl)c2cnc(Nc3cc(CN(C)C)cc(NC(C)=O)c3)nc12. The zero-order chi connectivity index (χ0) is 24.4. The Hall–Kier alpha value is -3.69. The summed E-state index contributed by atoms with van der Waals surface area (Å²) in [4.78, 5) is 22.8. The molecule has 4 rings (SSSR count). The summed E-state index contributed by atoms with van der Waals surface area (Å²) in [5.41, 5.74) is 4.70. The maximum absolute atomic E-state index is 11.6. The van der Waals surface area contributed by atoms with E-state index in [9.17, 15) is 4.79 Å². The fourth-order valence-electron chi connectivity index (χ4n) is 3.79. The minimum Gasteiger partial charge on any atom is -0.494 e. The molecule has 176 valence electrons. The number of ether oxygens (including phenoxy) is 1. The highest BCUT2D eigenvalue weighted by Crippen LogP contribution is 2.40. The highest BCUT2D eigenvalue weighted by atomic mass is 35.5. The molecule has 0 saturated heterocycles. The molecule has 2 aromatic heterocycles. The fraction of sp³-hybridized carbons (Fsp3) is 0.250. The Morgan fingerprint density at radius 1 is 1.18 bits per heavy atom. The number of amides is 1. The summed E-state index contributed by atoms with van der Waals surface area (Å²) in [6.07, 6.45) is 5.31. The number of aryl methyl sites for hydroxylation is 1. The van der Waals surface area contributed by atoms with E-state index in [1.807, 2.05) is 51.6 Å². The molecule has 0 aliphatic rings. The Morgan fingerprint density at radius 3 is 2.59 bits per heavy atom. The second kappa shape index (κ2) is 9.66. The van der Waals surface area contributed by atoms with E-state index in [1.54, 1.807) is 24.2 Å². The highest BCUT2D eigenvalue weighted by molar-refractivity contribution is 6.36. The minimum atomic E-state index is -0.141. The minimum absolute atomic E-state index is 0.141. The van der Waals surface area contributed by atoms with Gasteiger partial charge < -0.3 is 20.3 Å². The van der Waals surface area contributed by atoms with Crippen molar-refractivity contribution in [2.75, 3.05) is 31.8 Å². The second-order valence-electron chi connectivity index (χ2n) is 8.26. The van der Waals surface area contributed by atoms with Crippen molar-refractivity contribution in [1.29, 1.82) is 0 Å². The number of anilines is 3. The fourth-order valence-corrected chi connectivity index (χ4v) is 4.04. The number of benzene rings is 2. The van der Waals surface area contributed by atoms with Crippen LogP contribution in [-0.4, -0.2) is 51.8 Å². The van der Waals surface area contributed by atoms with Crippen LogP contribution in [0.3, 0.4) is 0 Å². The van der Waals surface area contributed by atoms with Gasteiger partial charge in [0.15, 0.2) is 5.75 Å². The first-order valence-corrected chi connectivity index (χ1v) is 11.0. The smallest absolute Gasteiger partial charge is 0.227 e. The molecule has 0 aliphatic carbocycles. The quantitative estimate of drug-likeness (QED) is 0.404. The zero-order valence-electron chi connectivity index (χ0n) is 19.7. The van der Waals surface area contributed by atoms with Crippen LogP contribution in [0.15, 0.2) is 42.9 Å². The van der Waals surface area contributed by atoms with Gasteiger partial charge in [-0.25, -0.2) is 9.97 Å². The van der Waals surface area contributed by atoms with Crippen LogP contribution in [0.4, 0.5) is 17.3 Å². The molecule has 0 fully saturated rings. The van der Waals surface area contributed by atoms with E-state index in [-0.39, 0.29) is 5.91 Å². The molecular formula is C24H26ClN7O2. The molecule has 0 radical (unpaired) electrons. The molecule has 0 bridgehead atoms. The van der Waals surface area contributed by atoms with Gasteiger partial charge in [0.1, 0.15) is 5.52 Å². The van der Waals surface area contributed by atoms with Crippen LogP contribution in [-0.2, 0) is 18.4 Å². The predicted octanol–water partition coefficient (Wildman–Crippen LogP) is 4.46. The van der Waals surface area contributed by atoms with Crippen LogP contribution in [0.5, 0.6) is 5.75 Å². The van der Waals surface area contributed by atoms with Gasteiger partial charge in [-0.3, -0.25) is 9.48 Å². The summed E-state index contributed by atoms with van der Waals surface area (Å²) < 4.78 is 7.46. The normalized spacial score (nSPS) is 11.1. The van der Waals surface area contributed by atoms with Crippen LogP contribution in [0.25, 0.3) is 22.0 Å². The number of methoxy groups -OCH3 is 1. The third-order valence-electron chi connectivity index (χ3n) is 5.06. The molecule has 10 heteroatoms. The standard InChI is InChI=1S/C24H26ClN7O2/c1-14(33)28-17-6-15(12-31(2)3)7-18(8-17)29-24-26-11-20-21(25)9-19(16-10-27-32(4)13-16)23(34-5)22(20)30-24/h6-11,13H,12H2,1-5H3,(H,28,33)(H,26,29,30). The van der Waals surface area contributed by atoms with E-state index in [0.29, 0.717) is 39.9 Å². The van der Waals surface area contributed by atoms with Gasteiger partial charge >= 0.3 is 0 Å². The van der Waals surface area contributed by atoms with E-state index in [0.717, 1.165) is 22.4 Å². The van der Waals surface area contributed by atoms with Gasteiger partial charge in [-0.2, -0.15) is 5.10 Å². The monoisotopic (exact) mass is 479 g/mol. The van der Waals surface area contributed by atoms with Gasteiger partial charge in [-0.1, -0.05) is 11.6 Å². The topological polar surface area (TPSA) is 97.2 Å². The summed E-state index contributed by atoms with van der Waals surface area (Å²) >= 11 is 6.57. The lowest BCUT2D eigenvalue weighted by atomic mass is 10.1. The number of nitrogens with zero attached hydrogens (tertiary/aromatic N) is 5. The van der Waals surface area contributed by atoms with Crippen molar-refractivity contribution < 1.29 is 9.53 Å². The number of aromatic nitrogens is 4. The van der Waals surface area contributed by atoms with Crippen molar-refractivity contribution in [3.05, 3.63) is 53.4 Å². The Balaban J connectivity index is 1.77. The Bertz CT molecular complexity index is 1370. The van der Waals surface area contributed by atoms with Gasteiger partial charge in [-0.05, 0) is 43.9 Å². The number of halogens is 1. The van der Waals surface area contributed by atoms with Gasteiger partial charge in [0.05, 0.1) is 18.3 Å². The summed E-state index contributed by atoms with van der Waals surface area (Å²) in [5.74, 6) is 0.816. The maximum atomic E-state index is 11.6. The first-order valence-electron chi connectivity index (χ1n) is 10.6. The van der Waals surface area contributed by atoms with E-state index in [4.69, 9.17) is 21.3 Å². The highest BCUT2D eigenvalue weighted by Gasteiger charge is 2.17. The van der Waals surface area contributed by atoms with Crippen molar-refractivity contribution in [2.45, 2.75) is 13.5 Å². The third-order valence-corrected chi connectivity index (χ3v) is 5.38. The molecule has 0 saturated carbocycles. The average Bonchev–Trinajstić information content (AvgIpc) is 3.18. The lowest BCUT2D eigenvalue weighted by Gasteiger charge is -2.15. The number of carbonyl (C=O) groups is 1. The lowest BCUT2D eigenvalue weighted by Crippen LogP contribution is -2.12. The summed E-state index contributed by atoms with van der Waals surface area (Å²) in [5, 5.41) is 11.5. The molecule has 1 amide bonds. The zero-order valence-corrected chi connectivity index (χ0v) is 20.4. The average molecular weight is 480 g/mol. The van der Waals surface area contributed by atoms with Crippen molar-refractivity contribution in [2.24, 2.45) is 7.05 Å². The van der Waals surface area contributed by atoms with Crippen molar-refractivity contribution in [3.63, 3.8) is 0 Å². The summed E-state index contributed by atoms with van der Waals surface area (Å²) in [6, 6.07) is 7.61. The number of nitrogens with one attached hydrogen (secondary N) is 2. The summed E-state index contributed by atoms with van der Waals surface area (Å²) in [6.45, 7) is 2.19. The number of fused-ring (bicyclic) bond motifs is 1. The Morgan fingerprint density at radius 2 is 1.94 bits per heavy atom. The molecule has 0 aliphatic heterocycles. The molecule has 0 unspecified atom stereocenters. The van der Waals surface area contributed by atoms with Crippen molar-refractivity contribution in [1.82, 2.24) is 24.6 Å². The van der Waals surface area contributed by atoms with E-state index in [1.165, 1.54) is 6.92 Å². The number of hydrogen-bond acceptors (Lipinski definition) is 7. The van der Waals surface area contributed by atoms with Crippen molar-refractivity contribution in [3.8, 4) is 16.9 Å². The van der Waals surface area contributed by atoms with Crippen molar-refractivity contribution >= 4 is 45.7 Å². The molecule has 9 nitrogen and oxygen atoms in total. The largest absolute Gasteiger partial charge is 0.494 e. The second-order valence-corrected chi connectivity index (χ2v) is 8.67. The summed E-state index contributed by atoms with van der Waals surface area (Å²) in [7, 11) is 7.42. The van der Waals surface area contributed by atoms with Crippen LogP contribution >= 0.6 is 11.6 Å². The molecule has 0 atom stereocenters. The third kappa shape index (κ3) is 5.11. The Labute approximate surface area is 202 Å². The van der Waals surface area contributed by atoms with Crippen LogP contribution in [0.2, 0.25) is 5.02 Å². The molecule has 2 aromatic carbocycles. The van der Waals surface area contributed by atoms with E-state index >= 15 is 0 Å². The van der Waals surface area contributed by atoms with Gasteiger partial charge in [0.2, 0.25) is 11.9 Å². The first kappa shape index (κ1) is 23.5. The Kier molecular flexibility index (Phi) is 6.67. The predicted molar refractivity (Wildman–Crippen MR) is 135 cm³/mol.